The first-order valence-corrected chi connectivity index (χ1v) is 6.56. The molecule has 1 aromatic carbocycles. The van der Waals surface area contributed by atoms with Crippen LogP contribution >= 0.6 is 0 Å². The van der Waals surface area contributed by atoms with Gasteiger partial charge in [0.1, 0.15) is 0 Å². The van der Waals surface area contributed by atoms with E-state index in [2.05, 4.69) is 43.0 Å². The summed E-state index contributed by atoms with van der Waals surface area (Å²) in [5.74, 6) is 0. The van der Waals surface area contributed by atoms with Crippen molar-refractivity contribution in [1.82, 2.24) is 0 Å². The summed E-state index contributed by atoms with van der Waals surface area (Å²) in [6.07, 6.45) is 3.55. The van der Waals surface area contributed by atoms with Gasteiger partial charge in [0.05, 0.1) is 0 Å². The molecule has 1 N–H and O–H groups in total. The number of hydrogen-bond donors (Lipinski definition) is 1. The lowest BCUT2D eigenvalue weighted by atomic mass is 9.86. The zero-order chi connectivity index (χ0) is 12.3. The molecule has 2 heteroatoms. The molecule has 94 valence electrons. The quantitative estimate of drug-likeness (QED) is 0.864. The normalized spacial score (nSPS) is 16.5. The maximum Gasteiger partial charge on any atom is 0.0485 e. The monoisotopic (exact) mass is 233 g/mol. The highest BCUT2D eigenvalue weighted by Gasteiger charge is 2.21. The number of aliphatic hydroxyl groups is 1. The molecule has 2 nitrogen and oxygen atoms in total. The summed E-state index contributed by atoms with van der Waals surface area (Å²) in [6, 6.07) is 8.63. The molecule has 0 bridgehead atoms. The van der Waals surface area contributed by atoms with E-state index in [4.69, 9.17) is 0 Å². The summed E-state index contributed by atoms with van der Waals surface area (Å²) in [5, 5.41) is 9.40. The van der Waals surface area contributed by atoms with E-state index in [1.807, 2.05) is 0 Å². The maximum absolute atomic E-state index is 9.40. The molecule has 17 heavy (non-hydrogen) atoms. The Balaban J connectivity index is 2.21. The van der Waals surface area contributed by atoms with E-state index >= 15 is 0 Å². The minimum absolute atomic E-state index is 0.0319. The summed E-state index contributed by atoms with van der Waals surface area (Å²) < 4.78 is 0. The maximum atomic E-state index is 9.40. The largest absolute Gasteiger partial charge is 0.396 e. The first kappa shape index (κ1) is 12.4. The number of hydrogen-bond acceptors (Lipinski definition) is 2. The van der Waals surface area contributed by atoms with Gasteiger partial charge in [-0.25, -0.2) is 0 Å². The van der Waals surface area contributed by atoms with Crippen LogP contribution in [0, 0.1) is 5.41 Å². The van der Waals surface area contributed by atoms with Crippen LogP contribution in [0.4, 0.5) is 5.69 Å². The van der Waals surface area contributed by atoms with E-state index in [1.165, 1.54) is 37.2 Å². The van der Waals surface area contributed by atoms with Crippen molar-refractivity contribution in [3.8, 4) is 0 Å². The molecule has 0 spiro atoms. The third-order valence-corrected chi connectivity index (χ3v) is 3.54. The van der Waals surface area contributed by atoms with Crippen LogP contribution < -0.4 is 4.90 Å². The summed E-state index contributed by atoms with van der Waals surface area (Å²) in [6.45, 7) is 6.83. The molecule has 2 rings (SSSR count). The fraction of sp³-hybridized carbons (Fsp3) is 0.600. The lowest BCUT2D eigenvalue weighted by molar-refractivity contribution is 0.160. The van der Waals surface area contributed by atoms with Crippen LogP contribution in [-0.2, 0) is 6.42 Å². The van der Waals surface area contributed by atoms with Gasteiger partial charge in [0.25, 0.3) is 0 Å². The molecule has 1 fully saturated rings. The van der Waals surface area contributed by atoms with Gasteiger partial charge in [0.15, 0.2) is 0 Å². The Kier molecular flexibility index (Phi) is 3.72. The van der Waals surface area contributed by atoms with Crippen LogP contribution in [0.1, 0.15) is 32.3 Å². The highest BCUT2D eigenvalue weighted by molar-refractivity contribution is 5.54. The Morgan fingerprint density at radius 1 is 1.18 bits per heavy atom. The molecule has 0 radical (unpaired) electrons. The van der Waals surface area contributed by atoms with E-state index in [-0.39, 0.29) is 12.0 Å². The zero-order valence-corrected chi connectivity index (χ0v) is 10.9. The van der Waals surface area contributed by atoms with Crippen molar-refractivity contribution in [2.24, 2.45) is 5.41 Å². The van der Waals surface area contributed by atoms with Crippen LogP contribution in [0.2, 0.25) is 0 Å². The standard InChI is InChI=1S/C15H23NO/c1-15(2,12-17)11-13-7-3-4-8-14(13)16-9-5-6-10-16/h3-4,7-8,17H,5-6,9-12H2,1-2H3. The van der Waals surface area contributed by atoms with Gasteiger partial charge in [-0.1, -0.05) is 32.0 Å². The van der Waals surface area contributed by atoms with E-state index in [1.54, 1.807) is 0 Å². The average Bonchev–Trinajstić information content (AvgIpc) is 2.83. The third-order valence-electron chi connectivity index (χ3n) is 3.54. The molecule has 0 saturated carbocycles. The molecule has 0 atom stereocenters. The Bertz CT molecular complexity index is 367. The Morgan fingerprint density at radius 3 is 2.47 bits per heavy atom. The van der Waals surface area contributed by atoms with Gasteiger partial charge in [-0.05, 0) is 36.3 Å². The molecule has 1 aliphatic heterocycles. The van der Waals surface area contributed by atoms with Crippen molar-refractivity contribution in [1.29, 1.82) is 0 Å². The van der Waals surface area contributed by atoms with Crippen molar-refractivity contribution in [3.63, 3.8) is 0 Å². The van der Waals surface area contributed by atoms with Gasteiger partial charge >= 0.3 is 0 Å². The predicted molar refractivity (Wildman–Crippen MR) is 72.5 cm³/mol. The summed E-state index contributed by atoms with van der Waals surface area (Å²) >= 11 is 0. The van der Waals surface area contributed by atoms with Crippen LogP contribution in [0.3, 0.4) is 0 Å². The van der Waals surface area contributed by atoms with E-state index in [9.17, 15) is 5.11 Å². The minimum atomic E-state index is -0.0319. The summed E-state index contributed by atoms with van der Waals surface area (Å²) in [7, 11) is 0. The highest BCUT2D eigenvalue weighted by Crippen LogP contribution is 2.30. The van der Waals surface area contributed by atoms with Gasteiger partial charge in [-0.15, -0.1) is 0 Å². The average molecular weight is 233 g/mol. The topological polar surface area (TPSA) is 23.5 Å². The van der Waals surface area contributed by atoms with Crippen molar-refractivity contribution >= 4 is 5.69 Å². The van der Waals surface area contributed by atoms with E-state index in [0.717, 1.165) is 6.42 Å². The number of anilines is 1. The Labute approximate surface area is 104 Å². The molecule has 0 aliphatic carbocycles. The molecular formula is C15H23NO. The third kappa shape index (κ3) is 3.01. The van der Waals surface area contributed by atoms with Crippen LogP contribution in [0.15, 0.2) is 24.3 Å². The van der Waals surface area contributed by atoms with Crippen molar-refractivity contribution in [3.05, 3.63) is 29.8 Å². The molecular weight excluding hydrogens is 210 g/mol. The smallest absolute Gasteiger partial charge is 0.0485 e. The van der Waals surface area contributed by atoms with E-state index < -0.39 is 0 Å². The van der Waals surface area contributed by atoms with Gasteiger partial charge in [0, 0.05) is 25.4 Å². The predicted octanol–water partition coefficient (Wildman–Crippen LogP) is 2.85. The SMILES string of the molecule is CC(C)(CO)Cc1ccccc1N1CCCC1. The van der Waals surface area contributed by atoms with Gasteiger partial charge in [-0.2, -0.15) is 0 Å². The van der Waals surface area contributed by atoms with Gasteiger partial charge in [0.2, 0.25) is 0 Å². The molecule has 1 aliphatic rings. The van der Waals surface area contributed by atoms with Crippen LogP contribution in [0.5, 0.6) is 0 Å². The molecule has 0 unspecified atom stereocenters. The summed E-state index contributed by atoms with van der Waals surface area (Å²) in [4.78, 5) is 2.47. The second-order valence-electron chi connectivity index (χ2n) is 5.82. The second kappa shape index (κ2) is 5.09. The molecule has 0 amide bonds. The molecule has 1 aromatic rings. The van der Waals surface area contributed by atoms with Crippen molar-refractivity contribution in [2.45, 2.75) is 33.1 Å². The second-order valence-corrected chi connectivity index (χ2v) is 5.82. The zero-order valence-electron chi connectivity index (χ0n) is 10.9. The lowest BCUT2D eigenvalue weighted by Gasteiger charge is -2.27. The van der Waals surface area contributed by atoms with Crippen molar-refractivity contribution < 1.29 is 5.11 Å². The Hall–Kier alpha value is -1.02. The van der Waals surface area contributed by atoms with Gasteiger partial charge < -0.3 is 10.0 Å². The first-order chi connectivity index (χ1) is 8.12. The van der Waals surface area contributed by atoms with Gasteiger partial charge in [-0.3, -0.25) is 0 Å². The molecule has 0 aromatic heterocycles. The fourth-order valence-electron chi connectivity index (χ4n) is 2.50. The summed E-state index contributed by atoms with van der Waals surface area (Å²) in [5.41, 5.74) is 2.70. The number of rotatable bonds is 4. The van der Waals surface area contributed by atoms with Crippen LogP contribution in [0.25, 0.3) is 0 Å². The highest BCUT2D eigenvalue weighted by atomic mass is 16.3. The number of benzene rings is 1. The first-order valence-electron chi connectivity index (χ1n) is 6.56. The number of nitrogens with zero attached hydrogens (tertiary/aromatic N) is 1. The fourth-order valence-corrected chi connectivity index (χ4v) is 2.50. The number of para-hydroxylation sites is 1. The molecule has 1 saturated heterocycles. The van der Waals surface area contributed by atoms with Crippen LogP contribution in [-0.4, -0.2) is 24.8 Å². The van der Waals surface area contributed by atoms with Crippen molar-refractivity contribution in [2.75, 3.05) is 24.6 Å². The minimum Gasteiger partial charge on any atom is -0.396 e. The number of aliphatic hydroxyl groups excluding tert-OH is 1. The van der Waals surface area contributed by atoms with E-state index in [0.29, 0.717) is 0 Å². The lowest BCUT2D eigenvalue weighted by Crippen LogP contribution is -2.24. The molecule has 1 heterocycles. The Morgan fingerprint density at radius 2 is 1.82 bits per heavy atom.